The van der Waals surface area contributed by atoms with E-state index in [1.165, 1.54) is 4.88 Å². The van der Waals surface area contributed by atoms with E-state index in [-0.39, 0.29) is 0 Å². The van der Waals surface area contributed by atoms with Crippen molar-refractivity contribution in [3.05, 3.63) is 16.6 Å². The Morgan fingerprint density at radius 1 is 1.54 bits per heavy atom. The molecule has 4 heteroatoms. The lowest BCUT2D eigenvalue weighted by molar-refractivity contribution is 0.0777. The quantitative estimate of drug-likeness (QED) is 0.797. The van der Waals surface area contributed by atoms with Gasteiger partial charge in [-0.1, -0.05) is 0 Å². The highest BCUT2D eigenvalue weighted by atomic mass is 32.1. The first-order valence-electron chi connectivity index (χ1n) is 4.63. The Hall–Kier alpha value is -0.450. The standard InChI is InChI=1S/C9H14N2OS/c1-3-12-4-2-8(1)11-6-9-5-10-7-13-9/h5,7-8,11H,1-4,6H2. The third-order valence-corrected chi connectivity index (χ3v) is 3.05. The van der Waals surface area contributed by atoms with Crippen LogP contribution in [0.1, 0.15) is 17.7 Å². The summed E-state index contributed by atoms with van der Waals surface area (Å²) in [5.74, 6) is 0. The SMILES string of the molecule is c1ncc(CNC2CCOCC2)s1. The molecule has 2 heterocycles. The Morgan fingerprint density at radius 2 is 2.38 bits per heavy atom. The van der Waals surface area contributed by atoms with E-state index in [1.54, 1.807) is 11.3 Å². The maximum Gasteiger partial charge on any atom is 0.0794 e. The molecule has 2 rings (SSSR count). The second-order valence-electron chi connectivity index (χ2n) is 3.24. The second-order valence-corrected chi connectivity index (χ2v) is 4.21. The molecule has 1 saturated heterocycles. The maximum atomic E-state index is 5.29. The van der Waals surface area contributed by atoms with E-state index in [4.69, 9.17) is 4.74 Å². The smallest absolute Gasteiger partial charge is 0.0794 e. The maximum absolute atomic E-state index is 5.29. The number of rotatable bonds is 3. The molecule has 1 aliphatic rings. The topological polar surface area (TPSA) is 34.2 Å². The fourth-order valence-corrected chi connectivity index (χ4v) is 2.02. The van der Waals surface area contributed by atoms with Gasteiger partial charge in [-0.05, 0) is 12.8 Å². The molecule has 0 radical (unpaired) electrons. The highest BCUT2D eigenvalue weighted by Crippen LogP contribution is 2.09. The highest BCUT2D eigenvalue weighted by Gasteiger charge is 2.12. The van der Waals surface area contributed by atoms with Gasteiger partial charge in [0.15, 0.2) is 0 Å². The molecular formula is C9H14N2OS. The zero-order chi connectivity index (χ0) is 8.93. The Balaban J connectivity index is 1.72. The van der Waals surface area contributed by atoms with Crippen LogP contribution in [-0.2, 0) is 11.3 Å². The first-order chi connectivity index (χ1) is 6.45. The molecule has 0 aromatic carbocycles. The Bertz CT molecular complexity index is 232. The predicted octanol–water partition coefficient (Wildman–Crippen LogP) is 1.41. The molecule has 72 valence electrons. The van der Waals surface area contributed by atoms with Gasteiger partial charge in [-0.15, -0.1) is 11.3 Å². The zero-order valence-electron chi connectivity index (χ0n) is 7.53. The van der Waals surface area contributed by atoms with Gasteiger partial charge < -0.3 is 10.1 Å². The van der Waals surface area contributed by atoms with Crippen LogP contribution in [-0.4, -0.2) is 24.2 Å². The summed E-state index contributed by atoms with van der Waals surface area (Å²) in [4.78, 5) is 5.35. The summed E-state index contributed by atoms with van der Waals surface area (Å²) in [6, 6.07) is 0.635. The normalized spacial score (nSPS) is 19.1. The van der Waals surface area contributed by atoms with Crippen LogP contribution in [0.3, 0.4) is 0 Å². The van der Waals surface area contributed by atoms with E-state index in [1.807, 2.05) is 11.7 Å². The number of thiazole rings is 1. The van der Waals surface area contributed by atoms with Crippen LogP contribution in [0.4, 0.5) is 0 Å². The monoisotopic (exact) mass is 198 g/mol. The summed E-state index contributed by atoms with van der Waals surface area (Å²) < 4.78 is 5.29. The van der Waals surface area contributed by atoms with Crippen LogP contribution >= 0.6 is 11.3 Å². The van der Waals surface area contributed by atoms with Crippen molar-refractivity contribution in [1.29, 1.82) is 0 Å². The molecule has 13 heavy (non-hydrogen) atoms. The minimum atomic E-state index is 0.635. The van der Waals surface area contributed by atoms with Crippen molar-refractivity contribution in [3.8, 4) is 0 Å². The summed E-state index contributed by atoms with van der Waals surface area (Å²) in [6.07, 6.45) is 4.20. The van der Waals surface area contributed by atoms with E-state index in [2.05, 4.69) is 10.3 Å². The van der Waals surface area contributed by atoms with Crippen molar-refractivity contribution in [1.82, 2.24) is 10.3 Å². The van der Waals surface area contributed by atoms with Gasteiger partial charge in [0.2, 0.25) is 0 Å². The second kappa shape index (κ2) is 4.69. The number of nitrogens with zero attached hydrogens (tertiary/aromatic N) is 1. The van der Waals surface area contributed by atoms with Crippen molar-refractivity contribution in [2.45, 2.75) is 25.4 Å². The molecule has 1 N–H and O–H groups in total. The van der Waals surface area contributed by atoms with Gasteiger partial charge in [0, 0.05) is 36.9 Å². The molecule has 0 aliphatic carbocycles. The summed E-state index contributed by atoms with van der Waals surface area (Å²) in [6.45, 7) is 2.76. The molecule has 1 fully saturated rings. The lowest BCUT2D eigenvalue weighted by Crippen LogP contribution is -2.34. The highest BCUT2D eigenvalue weighted by molar-refractivity contribution is 7.09. The fraction of sp³-hybridized carbons (Fsp3) is 0.667. The van der Waals surface area contributed by atoms with Crippen molar-refractivity contribution >= 4 is 11.3 Å². The Kier molecular flexibility index (Phi) is 3.29. The van der Waals surface area contributed by atoms with Crippen LogP contribution in [0.25, 0.3) is 0 Å². The van der Waals surface area contributed by atoms with Gasteiger partial charge in [0.05, 0.1) is 5.51 Å². The number of hydrogen-bond donors (Lipinski definition) is 1. The molecule has 1 aromatic rings. The van der Waals surface area contributed by atoms with Crippen molar-refractivity contribution in [3.63, 3.8) is 0 Å². The molecule has 0 bridgehead atoms. The van der Waals surface area contributed by atoms with Gasteiger partial charge in [-0.2, -0.15) is 0 Å². The minimum absolute atomic E-state index is 0.635. The summed E-state index contributed by atoms with van der Waals surface area (Å²) in [7, 11) is 0. The van der Waals surface area contributed by atoms with Gasteiger partial charge in [-0.25, -0.2) is 0 Å². The summed E-state index contributed by atoms with van der Waals surface area (Å²) in [5.41, 5.74) is 1.88. The number of aromatic nitrogens is 1. The third-order valence-electron chi connectivity index (χ3n) is 2.27. The van der Waals surface area contributed by atoms with Crippen LogP contribution < -0.4 is 5.32 Å². The summed E-state index contributed by atoms with van der Waals surface area (Å²) >= 11 is 1.71. The van der Waals surface area contributed by atoms with Crippen LogP contribution in [0, 0.1) is 0 Å². The average Bonchev–Trinajstić information content (AvgIpc) is 2.69. The lowest BCUT2D eigenvalue weighted by Gasteiger charge is -2.22. The molecule has 0 spiro atoms. The van der Waals surface area contributed by atoms with Crippen molar-refractivity contribution < 1.29 is 4.74 Å². The third kappa shape index (κ3) is 2.76. The number of hydrogen-bond acceptors (Lipinski definition) is 4. The van der Waals surface area contributed by atoms with Crippen molar-refractivity contribution in [2.75, 3.05) is 13.2 Å². The Labute approximate surface area is 82.1 Å². The van der Waals surface area contributed by atoms with Crippen LogP contribution in [0.15, 0.2) is 11.7 Å². The average molecular weight is 198 g/mol. The van der Waals surface area contributed by atoms with E-state index >= 15 is 0 Å². The molecular weight excluding hydrogens is 184 g/mol. The van der Waals surface area contributed by atoms with Gasteiger partial charge in [0.1, 0.15) is 0 Å². The lowest BCUT2D eigenvalue weighted by atomic mass is 10.1. The van der Waals surface area contributed by atoms with Gasteiger partial charge >= 0.3 is 0 Å². The zero-order valence-corrected chi connectivity index (χ0v) is 8.35. The first-order valence-corrected chi connectivity index (χ1v) is 5.51. The number of nitrogens with one attached hydrogen (secondary N) is 1. The largest absolute Gasteiger partial charge is 0.381 e. The van der Waals surface area contributed by atoms with Crippen LogP contribution in [0.5, 0.6) is 0 Å². The van der Waals surface area contributed by atoms with E-state index in [0.29, 0.717) is 6.04 Å². The van der Waals surface area contributed by atoms with E-state index in [9.17, 15) is 0 Å². The minimum Gasteiger partial charge on any atom is -0.381 e. The van der Waals surface area contributed by atoms with Crippen LogP contribution in [0.2, 0.25) is 0 Å². The predicted molar refractivity (Wildman–Crippen MR) is 52.8 cm³/mol. The molecule has 1 aliphatic heterocycles. The first kappa shape index (κ1) is 9.12. The van der Waals surface area contributed by atoms with E-state index < -0.39 is 0 Å². The summed E-state index contributed by atoms with van der Waals surface area (Å²) in [5, 5.41) is 3.51. The molecule has 0 atom stereocenters. The molecule has 0 saturated carbocycles. The molecule has 0 unspecified atom stereocenters. The fourth-order valence-electron chi connectivity index (χ4n) is 1.48. The Morgan fingerprint density at radius 3 is 3.08 bits per heavy atom. The van der Waals surface area contributed by atoms with Gasteiger partial charge in [0.25, 0.3) is 0 Å². The number of ether oxygens (including phenoxy) is 1. The van der Waals surface area contributed by atoms with Crippen molar-refractivity contribution in [2.24, 2.45) is 0 Å². The molecule has 3 nitrogen and oxygen atoms in total. The molecule has 1 aromatic heterocycles. The molecule has 0 amide bonds. The van der Waals surface area contributed by atoms with Gasteiger partial charge in [-0.3, -0.25) is 4.98 Å². The van der Waals surface area contributed by atoms with E-state index in [0.717, 1.165) is 32.6 Å².